The quantitative estimate of drug-likeness (QED) is 0.250. The third-order valence-corrected chi connectivity index (χ3v) is 1.09. The second-order valence-electron chi connectivity index (χ2n) is 2.09. The highest BCUT2D eigenvalue weighted by molar-refractivity contribution is 5.72. The molecule has 58 valence electrons. The highest BCUT2D eigenvalue weighted by Crippen LogP contribution is 1.91. The summed E-state index contributed by atoms with van der Waals surface area (Å²) in [4.78, 5) is 8.90. The molecule has 0 aromatic rings. The molecule has 0 bridgehead atoms. The van der Waals surface area contributed by atoms with Gasteiger partial charge in [0.2, 0.25) is 0 Å². The van der Waals surface area contributed by atoms with Crippen LogP contribution in [0.25, 0.3) is 0 Å². The van der Waals surface area contributed by atoms with E-state index in [4.69, 9.17) is 9.53 Å². The summed E-state index contributed by atoms with van der Waals surface area (Å²) in [7, 11) is 0. The molecule has 0 saturated carbocycles. The Kier molecular flexibility index (Phi) is 5.83. The zero-order valence-corrected chi connectivity index (χ0v) is 6.47. The molecule has 0 rings (SSSR count). The fourth-order valence-electron chi connectivity index (χ4n) is 0.517. The Bertz CT molecular complexity index is 108. The first-order chi connectivity index (χ1) is 4.81. The number of unbranched alkanes of at least 4 members (excludes halogenated alkanes) is 1. The smallest absolute Gasteiger partial charge is 0.339 e. The van der Waals surface area contributed by atoms with Crippen molar-refractivity contribution in [1.29, 1.82) is 0 Å². The third kappa shape index (κ3) is 5.35. The van der Waals surface area contributed by atoms with Crippen molar-refractivity contribution in [3.05, 3.63) is 12.7 Å². The summed E-state index contributed by atoms with van der Waals surface area (Å²) in [6.07, 6.45) is 4.12. The Morgan fingerprint density at radius 1 is 1.70 bits per heavy atom. The van der Waals surface area contributed by atoms with E-state index in [1.54, 1.807) is 6.08 Å². The first kappa shape index (κ1) is 9.21. The number of ether oxygens (including phenoxy) is 1. The van der Waals surface area contributed by atoms with E-state index in [1.807, 2.05) is 0 Å². The van der Waals surface area contributed by atoms with Gasteiger partial charge in [0.1, 0.15) is 6.42 Å². The van der Waals surface area contributed by atoms with Crippen molar-refractivity contribution in [2.45, 2.75) is 26.2 Å². The molecule has 2 heteroatoms. The van der Waals surface area contributed by atoms with Crippen LogP contribution in [0.15, 0.2) is 12.7 Å². The van der Waals surface area contributed by atoms with Crippen LogP contribution >= 0.6 is 0 Å². The van der Waals surface area contributed by atoms with Crippen molar-refractivity contribution in [1.82, 2.24) is 0 Å². The molecule has 0 unspecified atom stereocenters. The van der Waals surface area contributed by atoms with Crippen LogP contribution in [-0.4, -0.2) is 17.4 Å². The number of carbonyl (C=O) groups excluding carboxylic acids is 1. The molecule has 0 radical (unpaired) electrons. The second-order valence-corrected chi connectivity index (χ2v) is 2.09. The van der Waals surface area contributed by atoms with Gasteiger partial charge in [-0.25, -0.2) is 0 Å². The van der Waals surface area contributed by atoms with Gasteiger partial charge in [0.15, 0.2) is 6.61 Å². The van der Waals surface area contributed by atoms with Gasteiger partial charge in [0, 0.05) is 6.42 Å². The average molecular weight is 143 g/mol. The van der Waals surface area contributed by atoms with Gasteiger partial charge < -0.3 is 9.53 Å². The summed E-state index contributed by atoms with van der Waals surface area (Å²) in [6.45, 7) is 6.15. The van der Waals surface area contributed by atoms with E-state index in [2.05, 4.69) is 13.5 Å². The monoisotopic (exact) mass is 143 g/mol. The second kappa shape index (κ2) is 6.33. The Balaban J connectivity index is 3.13. The molecule has 2 nitrogen and oxygen atoms in total. The van der Waals surface area contributed by atoms with Crippen molar-refractivity contribution in [3.63, 3.8) is 0 Å². The van der Waals surface area contributed by atoms with Gasteiger partial charge in [0.25, 0.3) is 0 Å². The summed E-state index contributed by atoms with van der Waals surface area (Å²) >= 11 is 0. The van der Waals surface area contributed by atoms with E-state index in [1.165, 1.54) is 0 Å². The minimum absolute atomic E-state index is 0.0726. The maximum absolute atomic E-state index is 8.90. The minimum Gasteiger partial charge on any atom is -0.339 e. The van der Waals surface area contributed by atoms with E-state index < -0.39 is 0 Å². The highest BCUT2D eigenvalue weighted by Gasteiger charge is 2.06. The van der Waals surface area contributed by atoms with Crippen LogP contribution < -0.4 is 0 Å². The maximum atomic E-state index is 8.90. The normalized spacial score (nSPS) is 8.90. The van der Waals surface area contributed by atoms with E-state index in [-0.39, 0.29) is 5.97 Å². The van der Waals surface area contributed by atoms with Crippen LogP contribution in [0, 0.1) is 0 Å². The van der Waals surface area contributed by atoms with Crippen LogP contribution in [0.5, 0.6) is 0 Å². The lowest BCUT2D eigenvalue weighted by atomic mass is 10.3. The van der Waals surface area contributed by atoms with Crippen LogP contribution in [-0.2, 0) is 4.74 Å². The van der Waals surface area contributed by atoms with Crippen LogP contribution in [0.4, 0.5) is 0 Å². The summed E-state index contributed by atoms with van der Waals surface area (Å²) in [5.74, 6) is 0.0726. The third-order valence-electron chi connectivity index (χ3n) is 1.09. The molecule has 0 amide bonds. The largest absolute Gasteiger partial charge is 0.486 e. The summed E-state index contributed by atoms with van der Waals surface area (Å²) < 4.78 is 4.92. The maximum Gasteiger partial charge on any atom is 0.486 e. The van der Waals surface area contributed by atoms with Crippen molar-refractivity contribution in [2.75, 3.05) is 6.61 Å². The molecule has 0 aromatic carbocycles. The van der Waals surface area contributed by atoms with Gasteiger partial charge in [-0.15, -0.1) is 6.58 Å². The van der Waals surface area contributed by atoms with Gasteiger partial charge in [-0.1, -0.05) is 19.4 Å². The Morgan fingerprint density at radius 2 is 2.40 bits per heavy atom. The van der Waals surface area contributed by atoms with Crippen molar-refractivity contribution >= 4 is 5.97 Å². The number of hydrogen-bond donors (Lipinski definition) is 0. The molecule has 0 aliphatic heterocycles. The van der Waals surface area contributed by atoms with Crippen molar-refractivity contribution in [3.8, 4) is 0 Å². The van der Waals surface area contributed by atoms with E-state index in [0.29, 0.717) is 13.0 Å². The fraction of sp³-hybridized carbons (Fsp3) is 0.625. The Morgan fingerprint density at radius 3 is 2.90 bits per heavy atom. The lowest BCUT2D eigenvalue weighted by Gasteiger charge is -1.90. The number of hydrogen-bond acceptors (Lipinski definition) is 1. The Hall–Kier alpha value is -0.790. The molecule has 0 heterocycles. The fourth-order valence-corrected chi connectivity index (χ4v) is 0.517. The SMILES string of the molecule is C=CCC(=[OH+])OCCCC. The standard InChI is InChI=1S/C8H14O2/c1-3-5-7-10-8(9)6-4-2/h4H,2-3,5-7H2,1H3/p+1. The summed E-state index contributed by atoms with van der Waals surface area (Å²) in [5, 5.41) is 0. The van der Waals surface area contributed by atoms with Gasteiger partial charge in [-0.2, -0.15) is 0 Å². The molecule has 0 aromatic heterocycles. The van der Waals surface area contributed by atoms with E-state index in [0.717, 1.165) is 12.8 Å². The predicted molar refractivity (Wildman–Crippen MR) is 42.6 cm³/mol. The molecule has 0 aliphatic carbocycles. The molecule has 1 N–H and O–H groups in total. The molecule has 0 saturated heterocycles. The van der Waals surface area contributed by atoms with Crippen molar-refractivity contribution in [2.24, 2.45) is 0 Å². The zero-order chi connectivity index (χ0) is 7.82. The van der Waals surface area contributed by atoms with Crippen molar-refractivity contribution < 1.29 is 9.53 Å². The molecule has 0 spiro atoms. The number of esters is 1. The lowest BCUT2D eigenvalue weighted by Crippen LogP contribution is -2.04. The Labute approximate surface area is 61.9 Å². The van der Waals surface area contributed by atoms with Gasteiger partial charge >= 0.3 is 5.97 Å². The lowest BCUT2D eigenvalue weighted by molar-refractivity contribution is 0.260. The first-order valence-electron chi connectivity index (χ1n) is 3.59. The first-order valence-corrected chi connectivity index (χ1v) is 3.59. The molecular weight excluding hydrogens is 128 g/mol. The summed E-state index contributed by atoms with van der Waals surface area (Å²) in [6, 6.07) is 0. The van der Waals surface area contributed by atoms with Crippen LogP contribution in [0.3, 0.4) is 0 Å². The van der Waals surface area contributed by atoms with Gasteiger partial charge in [-0.3, -0.25) is 0 Å². The molecule has 0 aliphatic rings. The molecule has 10 heavy (non-hydrogen) atoms. The summed E-state index contributed by atoms with van der Waals surface area (Å²) in [5.41, 5.74) is 0. The van der Waals surface area contributed by atoms with Crippen LogP contribution in [0.1, 0.15) is 26.2 Å². The van der Waals surface area contributed by atoms with Crippen LogP contribution in [0.2, 0.25) is 0 Å². The zero-order valence-electron chi connectivity index (χ0n) is 6.47. The molecular formula is C8H15O2+. The topological polar surface area (TPSA) is 30.6 Å². The van der Waals surface area contributed by atoms with Gasteiger partial charge in [-0.05, 0) is 0 Å². The predicted octanol–water partition coefficient (Wildman–Crippen LogP) is 1.88. The number of rotatable bonds is 5. The van der Waals surface area contributed by atoms with Gasteiger partial charge in [0.05, 0.1) is 0 Å². The average Bonchev–Trinajstić information content (AvgIpc) is 1.89. The molecule has 0 atom stereocenters. The van der Waals surface area contributed by atoms with E-state index in [9.17, 15) is 0 Å². The molecule has 0 fully saturated rings. The van der Waals surface area contributed by atoms with E-state index >= 15 is 0 Å². The minimum atomic E-state index is 0.0726. The highest BCUT2D eigenvalue weighted by atomic mass is 16.5.